The van der Waals surface area contributed by atoms with Gasteiger partial charge in [-0.3, -0.25) is 4.79 Å². The molecule has 2 nitrogen and oxygen atoms in total. The van der Waals surface area contributed by atoms with Crippen LogP contribution in [0.3, 0.4) is 0 Å². The van der Waals surface area contributed by atoms with Gasteiger partial charge >= 0.3 is 0 Å². The quantitative estimate of drug-likeness (QED) is 0.716. The molecule has 2 heteroatoms. The van der Waals surface area contributed by atoms with Gasteiger partial charge in [0.1, 0.15) is 0 Å². The van der Waals surface area contributed by atoms with Gasteiger partial charge in [0.05, 0.1) is 12.5 Å². The molecular weight excluding hydrogens is 210 g/mol. The van der Waals surface area contributed by atoms with Crippen LogP contribution in [-0.2, 0) is 4.79 Å². The molecule has 0 spiro atoms. The maximum Gasteiger partial charge on any atom is 0.230 e. The van der Waals surface area contributed by atoms with Crippen molar-refractivity contribution in [3.05, 3.63) is 66.2 Å². The Balaban J connectivity index is 1.92. The summed E-state index contributed by atoms with van der Waals surface area (Å²) in [5.74, 6) is 0.199. The topological polar surface area (TPSA) is 20.3 Å². The Morgan fingerprint density at radius 3 is 2.06 bits per heavy atom. The third kappa shape index (κ3) is 1.72. The number of rotatable bonds is 2. The van der Waals surface area contributed by atoms with Gasteiger partial charge in [-0.05, 0) is 17.7 Å². The molecule has 0 aliphatic carbocycles. The maximum atomic E-state index is 11.7. The van der Waals surface area contributed by atoms with E-state index >= 15 is 0 Å². The van der Waals surface area contributed by atoms with Gasteiger partial charge in [-0.2, -0.15) is 0 Å². The molecule has 2 aromatic rings. The summed E-state index contributed by atoms with van der Waals surface area (Å²) in [4.78, 5) is 13.6. The monoisotopic (exact) mass is 223 g/mol. The van der Waals surface area contributed by atoms with E-state index < -0.39 is 0 Å². The Morgan fingerprint density at radius 2 is 1.47 bits per heavy atom. The first kappa shape index (κ1) is 10.1. The zero-order valence-electron chi connectivity index (χ0n) is 9.41. The zero-order chi connectivity index (χ0) is 11.7. The van der Waals surface area contributed by atoms with Crippen LogP contribution < -0.4 is 4.90 Å². The molecule has 1 aliphatic heterocycles. The summed E-state index contributed by atoms with van der Waals surface area (Å²) in [7, 11) is 0. The third-order valence-electron chi connectivity index (χ3n) is 3.17. The lowest BCUT2D eigenvalue weighted by atomic mass is 9.93. The number of anilines is 1. The minimum absolute atomic E-state index is 0.199. The molecule has 1 aliphatic rings. The molecule has 3 rings (SSSR count). The van der Waals surface area contributed by atoms with E-state index in [9.17, 15) is 4.79 Å². The van der Waals surface area contributed by atoms with Gasteiger partial charge in [0, 0.05) is 5.69 Å². The number of β-lactam (4-membered cyclic amide) rings is 1. The fraction of sp³-hybridized carbons (Fsp3) is 0.133. The van der Waals surface area contributed by atoms with Crippen molar-refractivity contribution in [1.82, 2.24) is 0 Å². The molecule has 1 saturated heterocycles. The molecule has 0 aromatic heterocycles. The molecule has 84 valence electrons. The van der Waals surface area contributed by atoms with E-state index in [2.05, 4.69) is 12.1 Å². The van der Waals surface area contributed by atoms with Gasteiger partial charge < -0.3 is 4.90 Å². The predicted octanol–water partition coefficient (Wildman–Crippen LogP) is 3.16. The second-order valence-corrected chi connectivity index (χ2v) is 4.23. The van der Waals surface area contributed by atoms with Gasteiger partial charge in [-0.1, -0.05) is 48.5 Å². The highest BCUT2D eigenvalue weighted by Crippen LogP contribution is 2.38. The van der Waals surface area contributed by atoms with E-state index in [1.54, 1.807) is 0 Å². The van der Waals surface area contributed by atoms with Gasteiger partial charge in [-0.15, -0.1) is 0 Å². The molecule has 0 N–H and O–H groups in total. The molecule has 0 bridgehead atoms. The predicted molar refractivity (Wildman–Crippen MR) is 67.7 cm³/mol. The van der Waals surface area contributed by atoms with Crippen molar-refractivity contribution < 1.29 is 4.79 Å². The average molecular weight is 223 g/mol. The standard InChI is InChI=1S/C15H13NO/c17-15-11-14(12-7-3-1-4-8-12)16(15)13-9-5-2-6-10-13/h1-10,14H,11H2/t14-/m1/s1. The highest BCUT2D eigenvalue weighted by atomic mass is 16.2. The summed E-state index contributed by atoms with van der Waals surface area (Å²) in [5.41, 5.74) is 2.19. The SMILES string of the molecule is O=C1C[C@H](c2ccccc2)N1c1ccccc1. The van der Waals surface area contributed by atoms with Crippen molar-refractivity contribution in [2.24, 2.45) is 0 Å². The van der Waals surface area contributed by atoms with Crippen LogP contribution in [0.5, 0.6) is 0 Å². The molecule has 1 heterocycles. The molecule has 0 saturated carbocycles. The van der Waals surface area contributed by atoms with Crippen LogP contribution in [0.15, 0.2) is 60.7 Å². The number of carbonyl (C=O) groups excluding carboxylic acids is 1. The fourth-order valence-electron chi connectivity index (χ4n) is 2.27. The molecular formula is C15H13NO. The minimum Gasteiger partial charge on any atom is -0.304 e. The van der Waals surface area contributed by atoms with Crippen molar-refractivity contribution in [3.63, 3.8) is 0 Å². The average Bonchev–Trinajstić information content (AvgIpc) is 2.38. The van der Waals surface area contributed by atoms with E-state index in [1.165, 1.54) is 5.56 Å². The van der Waals surface area contributed by atoms with Crippen LogP contribution in [-0.4, -0.2) is 5.91 Å². The number of hydrogen-bond donors (Lipinski definition) is 0. The van der Waals surface area contributed by atoms with Gasteiger partial charge in [-0.25, -0.2) is 0 Å². The first-order chi connectivity index (χ1) is 8.36. The number of nitrogens with zero attached hydrogens (tertiary/aromatic N) is 1. The number of carbonyl (C=O) groups is 1. The smallest absolute Gasteiger partial charge is 0.230 e. The number of benzene rings is 2. The first-order valence-corrected chi connectivity index (χ1v) is 5.78. The van der Waals surface area contributed by atoms with E-state index in [0.717, 1.165) is 5.69 Å². The van der Waals surface area contributed by atoms with E-state index in [1.807, 2.05) is 53.4 Å². The van der Waals surface area contributed by atoms with Crippen LogP contribution >= 0.6 is 0 Å². The lowest BCUT2D eigenvalue weighted by molar-refractivity contribution is -0.124. The van der Waals surface area contributed by atoms with Crippen molar-refractivity contribution in [3.8, 4) is 0 Å². The van der Waals surface area contributed by atoms with Crippen LogP contribution in [0.1, 0.15) is 18.0 Å². The molecule has 1 fully saturated rings. The highest BCUT2D eigenvalue weighted by Gasteiger charge is 2.37. The molecule has 1 amide bonds. The second-order valence-electron chi connectivity index (χ2n) is 4.23. The number of hydrogen-bond acceptors (Lipinski definition) is 1. The zero-order valence-corrected chi connectivity index (χ0v) is 9.41. The Labute approximate surface area is 100 Å². The Hall–Kier alpha value is -2.09. The van der Waals surface area contributed by atoms with Crippen LogP contribution in [0.25, 0.3) is 0 Å². The lowest BCUT2D eigenvalue weighted by Crippen LogP contribution is -2.46. The minimum atomic E-state index is 0.199. The Morgan fingerprint density at radius 1 is 0.882 bits per heavy atom. The molecule has 1 atom stereocenters. The van der Waals surface area contributed by atoms with Crippen LogP contribution in [0.4, 0.5) is 5.69 Å². The first-order valence-electron chi connectivity index (χ1n) is 5.78. The summed E-state index contributed by atoms with van der Waals surface area (Å²) in [6.07, 6.45) is 0.610. The van der Waals surface area contributed by atoms with E-state index in [0.29, 0.717) is 6.42 Å². The fourth-order valence-corrected chi connectivity index (χ4v) is 2.27. The van der Waals surface area contributed by atoms with Crippen molar-refractivity contribution >= 4 is 11.6 Å². The Bertz CT molecular complexity index is 521. The van der Waals surface area contributed by atoms with Crippen LogP contribution in [0.2, 0.25) is 0 Å². The molecule has 17 heavy (non-hydrogen) atoms. The number of amides is 1. The summed E-state index contributed by atoms with van der Waals surface area (Å²) in [5, 5.41) is 0. The highest BCUT2D eigenvalue weighted by molar-refractivity contribution is 6.01. The largest absolute Gasteiger partial charge is 0.304 e. The molecule has 0 radical (unpaired) electrons. The van der Waals surface area contributed by atoms with E-state index in [-0.39, 0.29) is 11.9 Å². The summed E-state index contributed by atoms with van der Waals surface area (Å²) >= 11 is 0. The normalized spacial score (nSPS) is 18.9. The van der Waals surface area contributed by atoms with Gasteiger partial charge in [0.25, 0.3) is 0 Å². The van der Waals surface area contributed by atoms with Gasteiger partial charge in [0.2, 0.25) is 5.91 Å². The molecule has 2 aromatic carbocycles. The number of para-hydroxylation sites is 1. The van der Waals surface area contributed by atoms with Crippen LogP contribution in [0, 0.1) is 0 Å². The lowest BCUT2D eigenvalue weighted by Gasteiger charge is -2.40. The van der Waals surface area contributed by atoms with Crippen molar-refractivity contribution in [2.45, 2.75) is 12.5 Å². The van der Waals surface area contributed by atoms with Gasteiger partial charge in [0.15, 0.2) is 0 Å². The summed E-state index contributed by atoms with van der Waals surface area (Å²) < 4.78 is 0. The van der Waals surface area contributed by atoms with Crippen molar-refractivity contribution in [2.75, 3.05) is 4.90 Å². The van der Waals surface area contributed by atoms with E-state index in [4.69, 9.17) is 0 Å². The summed E-state index contributed by atoms with van der Waals surface area (Å²) in [6.45, 7) is 0. The molecule has 0 unspecified atom stereocenters. The maximum absolute atomic E-state index is 11.7. The summed E-state index contributed by atoms with van der Waals surface area (Å²) in [6, 6.07) is 20.2. The second kappa shape index (κ2) is 4.06. The third-order valence-corrected chi connectivity index (χ3v) is 3.17. The Kier molecular flexibility index (Phi) is 2.41. The van der Waals surface area contributed by atoms with Crippen molar-refractivity contribution in [1.29, 1.82) is 0 Å².